The highest BCUT2D eigenvalue weighted by molar-refractivity contribution is 14.0. The van der Waals surface area contributed by atoms with Crippen LogP contribution in [0.1, 0.15) is 23.6 Å². The molecule has 0 saturated heterocycles. The smallest absolute Gasteiger partial charge is 0.191 e. The van der Waals surface area contributed by atoms with Gasteiger partial charge in [-0.2, -0.15) is 0 Å². The molecule has 0 amide bonds. The van der Waals surface area contributed by atoms with Gasteiger partial charge in [-0.15, -0.1) is 24.0 Å². The Morgan fingerprint density at radius 2 is 1.62 bits per heavy atom. The van der Waals surface area contributed by atoms with Gasteiger partial charge in [-0.3, -0.25) is 4.99 Å². The lowest BCUT2D eigenvalue weighted by Gasteiger charge is -2.15. The van der Waals surface area contributed by atoms with Crippen molar-refractivity contribution in [3.8, 4) is 0 Å². The highest BCUT2D eigenvalue weighted by Gasteiger charge is 2.02. The third-order valence-corrected chi connectivity index (χ3v) is 4.29. The van der Waals surface area contributed by atoms with E-state index in [1.165, 1.54) is 11.1 Å². The second kappa shape index (κ2) is 12.1. The fraction of sp³-hybridized carbons (Fsp3) is 0.350. The highest BCUT2D eigenvalue weighted by atomic mass is 127. The Hall–Kier alpha value is -1.31. The molecule has 0 aliphatic heterocycles. The molecule has 2 aromatic carbocycles. The van der Waals surface area contributed by atoms with E-state index >= 15 is 0 Å². The van der Waals surface area contributed by atoms with Gasteiger partial charge in [0.15, 0.2) is 5.96 Å². The highest BCUT2D eigenvalue weighted by Crippen LogP contribution is 2.09. The zero-order valence-electron chi connectivity index (χ0n) is 15.6. The molecule has 0 heterocycles. The van der Waals surface area contributed by atoms with E-state index in [4.69, 9.17) is 11.6 Å². The maximum Gasteiger partial charge on any atom is 0.191 e. The number of rotatable bonds is 7. The minimum atomic E-state index is 0. The molecule has 6 heteroatoms. The lowest BCUT2D eigenvalue weighted by Crippen LogP contribution is -2.36. The fourth-order valence-corrected chi connectivity index (χ4v) is 2.58. The van der Waals surface area contributed by atoms with Crippen LogP contribution in [0.5, 0.6) is 0 Å². The van der Waals surface area contributed by atoms with Gasteiger partial charge in [0.25, 0.3) is 0 Å². The molecule has 0 aliphatic rings. The van der Waals surface area contributed by atoms with Crippen LogP contribution in [0.25, 0.3) is 0 Å². The van der Waals surface area contributed by atoms with Crippen LogP contribution in [0, 0.1) is 0 Å². The molecule has 0 aliphatic carbocycles. The molecule has 0 aromatic heterocycles. The van der Waals surface area contributed by atoms with Gasteiger partial charge in [0.2, 0.25) is 0 Å². The maximum absolute atomic E-state index is 5.91. The molecule has 0 bridgehead atoms. The summed E-state index contributed by atoms with van der Waals surface area (Å²) in [7, 11) is 3.91. The predicted molar refractivity (Wildman–Crippen MR) is 122 cm³/mol. The minimum absolute atomic E-state index is 0. The van der Waals surface area contributed by atoms with Gasteiger partial charge >= 0.3 is 0 Å². The summed E-state index contributed by atoms with van der Waals surface area (Å²) in [6.45, 7) is 5.63. The standard InChI is InChI=1S/C20H27ClN4.HI/c1-4-25(3)15-18-7-5-6-17(12-18)14-24-20(22-2)23-13-16-8-10-19(21)11-9-16;/h5-12H,4,13-15H2,1-3H3,(H2,22,23,24);1H. The van der Waals surface area contributed by atoms with Crippen molar-refractivity contribution >= 4 is 41.5 Å². The van der Waals surface area contributed by atoms with E-state index in [-0.39, 0.29) is 24.0 Å². The van der Waals surface area contributed by atoms with Crippen LogP contribution in [-0.2, 0) is 19.6 Å². The topological polar surface area (TPSA) is 39.7 Å². The summed E-state index contributed by atoms with van der Waals surface area (Å²) in [6.07, 6.45) is 0. The van der Waals surface area contributed by atoms with Crippen molar-refractivity contribution in [2.45, 2.75) is 26.6 Å². The van der Waals surface area contributed by atoms with Crippen LogP contribution in [-0.4, -0.2) is 31.5 Å². The van der Waals surface area contributed by atoms with Crippen LogP contribution in [0.15, 0.2) is 53.5 Å². The summed E-state index contributed by atoms with van der Waals surface area (Å²) in [5.41, 5.74) is 3.74. The molecule has 0 unspecified atom stereocenters. The van der Waals surface area contributed by atoms with Crippen molar-refractivity contribution in [3.05, 3.63) is 70.2 Å². The molecule has 0 atom stereocenters. The second-order valence-electron chi connectivity index (χ2n) is 6.06. The summed E-state index contributed by atoms with van der Waals surface area (Å²) in [5.74, 6) is 0.783. The first-order valence-electron chi connectivity index (χ1n) is 8.56. The van der Waals surface area contributed by atoms with E-state index in [0.29, 0.717) is 6.54 Å². The summed E-state index contributed by atoms with van der Waals surface area (Å²) >= 11 is 5.91. The Morgan fingerprint density at radius 3 is 2.23 bits per heavy atom. The SMILES string of the molecule is CCN(C)Cc1cccc(CNC(=NC)NCc2ccc(Cl)cc2)c1.I. The first-order valence-corrected chi connectivity index (χ1v) is 8.94. The molecule has 142 valence electrons. The molecule has 2 N–H and O–H groups in total. The second-order valence-corrected chi connectivity index (χ2v) is 6.49. The molecular formula is C20H28ClIN4. The molecule has 0 radical (unpaired) electrons. The molecular weight excluding hydrogens is 459 g/mol. The van der Waals surface area contributed by atoms with Crippen LogP contribution in [0.3, 0.4) is 0 Å². The van der Waals surface area contributed by atoms with Crippen molar-refractivity contribution in [1.29, 1.82) is 0 Å². The Balaban J connectivity index is 0.00000338. The molecule has 0 fully saturated rings. The maximum atomic E-state index is 5.91. The Kier molecular flexibility index (Phi) is 10.6. The van der Waals surface area contributed by atoms with Gasteiger partial charge in [-0.25, -0.2) is 0 Å². The summed E-state index contributed by atoms with van der Waals surface area (Å²) in [5, 5.41) is 7.43. The average Bonchev–Trinajstić information content (AvgIpc) is 2.63. The van der Waals surface area contributed by atoms with Crippen LogP contribution < -0.4 is 10.6 Å². The summed E-state index contributed by atoms with van der Waals surface area (Å²) in [4.78, 5) is 6.57. The summed E-state index contributed by atoms with van der Waals surface area (Å²) < 4.78 is 0. The largest absolute Gasteiger partial charge is 0.352 e. The Morgan fingerprint density at radius 1 is 1.00 bits per heavy atom. The summed E-state index contributed by atoms with van der Waals surface area (Å²) in [6, 6.07) is 16.5. The zero-order valence-corrected chi connectivity index (χ0v) is 18.7. The zero-order chi connectivity index (χ0) is 18.1. The van der Waals surface area contributed by atoms with Gasteiger partial charge in [-0.05, 0) is 42.4 Å². The van der Waals surface area contributed by atoms with Crippen molar-refractivity contribution < 1.29 is 0 Å². The van der Waals surface area contributed by atoms with Gasteiger partial charge in [-0.1, -0.05) is 54.9 Å². The van der Waals surface area contributed by atoms with Crippen molar-refractivity contribution in [1.82, 2.24) is 15.5 Å². The van der Waals surface area contributed by atoms with Crippen LogP contribution in [0.2, 0.25) is 5.02 Å². The van der Waals surface area contributed by atoms with Crippen LogP contribution in [0.4, 0.5) is 0 Å². The number of benzene rings is 2. The quantitative estimate of drug-likeness (QED) is 0.349. The van der Waals surface area contributed by atoms with Gasteiger partial charge in [0.1, 0.15) is 0 Å². The Bertz CT molecular complexity index is 688. The molecule has 0 spiro atoms. The molecule has 4 nitrogen and oxygen atoms in total. The van der Waals surface area contributed by atoms with E-state index in [2.05, 4.69) is 58.8 Å². The Labute approximate surface area is 179 Å². The van der Waals surface area contributed by atoms with E-state index in [1.54, 1.807) is 7.05 Å². The van der Waals surface area contributed by atoms with Crippen molar-refractivity contribution in [3.63, 3.8) is 0 Å². The van der Waals surface area contributed by atoms with Gasteiger partial charge in [0.05, 0.1) is 0 Å². The number of guanidine groups is 1. The van der Waals surface area contributed by atoms with E-state index in [9.17, 15) is 0 Å². The number of hydrogen-bond donors (Lipinski definition) is 2. The molecule has 0 saturated carbocycles. The monoisotopic (exact) mass is 486 g/mol. The van der Waals surface area contributed by atoms with Crippen LogP contribution >= 0.6 is 35.6 Å². The fourth-order valence-electron chi connectivity index (χ4n) is 2.46. The minimum Gasteiger partial charge on any atom is -0.352 e. The molecule has 26 heavy (non-hydrogen) atoms. The van der Waals surface area contributed by atoms with Gasteiger partial charge in [0, 0.05) is 31.7 Å². The third kappa shape index (κ3) is 7.93. The van der Waals surface area contributed by atoms with E-state index in [1.807, 2.05) is 24.3 Å². The first kappa shape index (κ1) is 22.7. The lowest BCUT2D eigenvalue weighted by atomic mass is 10.1. The van der Waals surface area contributed by atoms with E-state index in [0.717, 1.165) is 36.2 Å². The number of nitrogens with one attached hydrogen (secondary N) is 2. The number of aliphatic imine (C=N–C) groups is 1. The third-order valence-electron chi connectivity index (χ3n) is 4.04. The van der Waals surface area contributed by atoms with Crippen molar-refractivity contribution in [2.75, 3.05) is 20.6 Å². The van der Waals surface area contributed by atoms with Crippen molar-refractivity contribution in [2.24, 2.45) is 4.99 Å². The van der Waals surface area contributed by atoms with Gasteiger partial charge < -0.3 is 15.5 Å². The number of halogens is 2. The number of nitrogens with zero attached hydrogens (tertiary/aromatic N) is 2. The normalized spacial score (nSPS) is 11.2. The predicted octanol–water partition coefficient (Wildman–Crippen LogP) is 4.27. The lowest BCUT2D eigenvalue weighted by molar-refractivity contribution is 0.345. The first-order chi connectivity index (χ1) is 12.1. The van der Waals surface area contributed by atoms with E-state index < -0.39 is 0 Å². The molecule has 2 rings (SSSR count). The number of hydrogen-bond acceptors (Lipinski definition) is 2. The average molecular weight is 487 g/mol. The molecule has 2 aromatic rings.